The van der Waals surface area contributed by atoms with Crippen LogP contribution >= 0.6 is 0 Å². The van der Waals surface area contributed by atoms with Crippen LogP contribution in [-0.2, 0) is 114 Å². The van der Waals surface area contributed by atoms with Gasteiger partial charge in [-0.05, 0) is 20.8 Å². The summed E-state index contributed by atoms with van der Waals surface area (Å²) in [6.45, 7) is -2.82. The van der Waals surface area contributed by atoms with Gasteiger partial charge in [0.05, 0.1) is 71.2 Å². The molecule has 11 fully saturated rings. The zero-order chi connectivity index (χ0) is 94.1. The van der Waals surface area contributed by atoms with Crippen LogP contribution in [0.4, 0.5) is 0 Å². The molecule has 11 rings (SSSR count). The van der Waals surface area contributed by atoms with Gasteiger partial charge in [-0.25, -0.2) is 0 Å². The Balaban J connectivity index is 0.907. The van der Waals surface area contributed by atoms with Gasteiger partial charge in [0.15, 0.2) is 69.2 Å². The monoisotopic (exact) mass is 1880 g/mol. The molecule has 32 N–H and O–H groups in total. The molecule has 0 aromatic carbocycles. The number of aliphatic hydroxyl groups excluding tert-OH is 29. The summed E-state index contributed by atoms with van der Waals surface area (Å²) < 4.78 is 126. The number of aliphatic hydroxyl groups is 29. The second-order valence-electron chi connectivity index (χ2n) is 33.0. The lowest BCUT2D eigenvalue weighted by Crippen LogP contribution is -2.71. The smallest absolute Gasteiger partial charge is 0.217 e. The van der Waals surface area contributed by atoms with Crippen molar-refractivity contribution >= 4 is 17.7 Å². The molecule has 0 saturated carbocycles. The van der Waals surface area contributed by atoms with E-state index in [0.29, 0.717) is 0 Å². The molecule has 0 bridgehead atoms. The molecule has 128 heavy (non-hydrogen) atoms. The van der Waals surface area contributed by atoms with E-state index in [2.05, 4.69) is 16.0 Å². The molecule has 0 aromatic heterocycles. The maximum Gasteiger partial charge on any atom is 0.217 e. The summed E-state index contributed by atoms with van der Waals surface area (Å²) in [6.07, 6.45) is -107. The minimum atomic E-state index is -2.52. The van der Waals surface area contributed by atoms with Crippen LogP contribution in [0.3, 0.4) is 0 Å². The second-order valence-corrected chi connectivity index (χ2v) is 33.0. The van der Waals surface area contributed by atoms with Crippen LogP contribution in [0.2, 0.25) is 0 Å². The number of ether oxygens (including phenoxy) is 21. The van der Waals surface area contributed by atoms with E-state index in [-0.39, 0.29) is 0 Å². The van der Waals surface area contributed by atoms with Crippen molar-refractivity contribution in [1.82, 2.24) is 16.0 Å². The van der Waals surface area contributed by atoms with E-state index in [1.165, 1.54) is 20.8 Å². The van der Waals surface area contributed by atoms with Gasteiger partial charge in [-0.15, -0.1) is 0 Å². The fourth-order valence-electron chi connectivity index (χ4n) is 16.9. The van der Waals surface area contributed by atoms with E-state index in [9.17, 15) is 162 Å². The number of hydrogen-bond acceptors (Lipinski definition) is 53. The fraction of sp³-hybridized carbons (Fsp3) is 0.958. The van der Waals surface area contributed by atoms with Crippen LogP contribution in [0.5, 0.6) is 0 Å². The van der Waals surface area contributed by atoms with E-state index in [4.69, 9.17) is 99.5 Å². The molecule has 1 unspecified atom stereocenters. The van der Waals surface area contributed by atoms with E-state index in [1.807, 2.05) is 0 Å². The zero-order valence-electron chi connectivity index (χ0n) is 69.2. The summed E-state index contributed by atoms with van der Waals surface area (Å²) in [4.78, 5) is 40.4. The molecule has 0 aromatic rings. The lowest BCUT2D eigenvalue weighted by atomic mass is 9.93. The lowest BCUT2D eigenvalue weighted by molar-refractivity contribution is -0.397. The first-order valence-corrected chi connectivity index (χ1v) is 41.2. The van der Waals surface area contributed by atoms with Crippen LogP contribution < -0.4 is 16.0 Å². The first-order valence-electron chi connectivity index (χ1n) is 41.2. The third-order valence-corrected chi connectivity index (χ3v) is 24.1. The highest BCUT2D eigenvalue weighted by atomic mass is 16.8. The largest absolute Gasteiger partial charge is 0.394 e. The first-order chi connectivity index (χ1) is 60.5. The van der Waals surface area contributed by atoms with Crippen molar-refractivity contribution in [2.24, 2.45) is 0 Å². The third-order valence-electron chi connectivity index (χ3n) is 24.1. The topological polar surface area (TPSA) is 868 Å². The number of hydrogen-bond donors (Lipinski definition) is 32. The maximum absolute atomic E-state index is 13.7. The van der Waals surface area contributed by atoms with Gasteiger partial charge in [-0.2, -0.15) is 0 Å². The quantitative estimate of drug-likeness (QED) is 0.0306. The Hall–Kier alpha value is -3.59. The Labute approximate surface area is 725 Å². The predicted molar refractivity (Wildman–Crippen MR) is 393 cm³/mol. The minimum absolute atomic E-state index is 0.907. The van der Waals surface area contributed by atoms with Gasteiger partial charge >= 0.3 is 0 Å². The highest BCUT2D eigenvalue weighted by molar-refractivity contribution is 5.74. The van der Waals surface area contributed by atoms with E-state index in [1.54, 1.807) is 0 Å². The molecule has 742 valence electrons. The molecule has 11 aliphatic heterocycles. The van der Waals surface area contributed by atoms with Gasteiger partial charge in [0.1, 0.15) is 250 Å². The summed E-state index contributed by atoms with van der Waals surface area (Å²) in [7, 11) is 0. The van der Waals surface area contributed by atoms with Crippen molar-refractivity contribution in [2.75, 3.05) is 52.9 Å². The Bertz CT molecular complexity index is 3460. The maximum atomic E-state index is 13.7. The van der Waals surface area contributed by atoms with Gasteiger partial charge in [0.2, 0.25) is 17.7 Å². The minimum Gasteiger partial charge on any atom is -0.394 e. The van der Waals surface area contributed by atoms with Crippen molar-refractivity contribution in [2.45, 2.75) is 379 Å². The number of amides is 3. The van der Waals surface area contributed by atoms with Crippen molar-refractivity contribution in [3.8, 4) is 0 Å². The molecule has 56 nitrogen and oxygen atoms in total. The number of carbonyl (C=O) groups excluding carboxylic acids is 3. The number of rotatable bonds is 31. The van der Waals surface area contributed by atoms with Crippen LogP contribution in [0.25, 0.3) is 0 Å². The van der Waals surface area contributed by atoms with Crippen LogP contribution in [0.15, 0.2) is 0 Å². The third kappa shape index (κ3) is 22.5. The molecule has 0 radical (unpaired) electrons. The normalized spacial score (nSPS) is 51.6. The average Bonchev–Trinajstić information content (AvgIpc) is 0.750. The molecule has 11 saturated heterocycles. The van der Waals surface area contributed by atoms with Gasteiger partial charge in [-0.3, -0.25) is 14.4 Å². The van der Waals surface area contributed by atoms with Crippen LogP contribution in [-0.4, -0.2) is 556 Å². The zero-order valence-corrected chi connectivity index (χ0v) is 69.2. The fourth-order valence-corrected chi connectivity index (χ4v) is 16.9. The highest BCUT2D eigenvalue weighted by Crippen LogP contribution is 2.42. The van der Waals surface area contributed by atoms with Crippen molar-refractivity contribution in [3.63, 3.8) is 0 Å². The van der Waals surface area contributed by atoms with Crippen molar-refractivity contribution < 1.29 is 262 Å². The summed E-state index contributed by atoms with van der Waals surface area (Å²) in [5.74, 6) is -3.02. The molecule has 0 spiro atoms. The lowest BCUT2D eigenvalue weighted by Gasteiger charge is -2.52. The highest BCUT2D eigenvalue weighted by Gasteiger charge is 2.63. The first kappa shape index (κ1) is 105. The average molecular weight is 1880 g/mol. The number of carbonyl (C=O) groups is 3. The molecule has 3 amide bonds. The second kappa shape index (κ2) is 45.1. The molecule has 56 heteroatoms. The molecule has 0 aliphatic carbocycles. The molecule has 11 heterocycles. The summed E-state index contributed by atoms with van der Waals surface area (Å²) in [5.41, 5.74) is 0. The summed E-state index contributed by atoms with van der Waals surface area (Å²) >= 11 is 0. The van der Waals surface area contributed by atoms with Gasteiger partial charge in [0.25, 0.3) is 0 Å². The Morgan fingerprint density at radius 1 is 0.219 bits per heavy atom. The Morgan fingerprint density at radius 2 is 0.484 bits per heavy atom. The van der Waals surface area contributed by atoms with Gasteiger partial charge in [-0.1, -0.05) is 0 Å². The van der Waals surface area contributed by atoms with E-state index in [0.717, 1.165) is 20.8 Å². The molecular formula is C72H121N3O53. The summed E-state index contributed by atoms with van der Waals surface area (Å²) in [6, 6.07) is -6.08. The van der Waals surface area contributed by atoms with E-state index >= 15 is 0 Å². The van der Waals surface area contributed by atoms with Gasteiger partial charge in [0, 0.05) is 20.8 Å². The molecular weight excluding hydrogens is 1750 g/mol. The molecule has 55 atom stereocenters. The van der Waals surface area contributed by atoms with Crippen LogP contribution in [0.1, 0.15) is 41.5 Å². The number of nitrogens with one attached hydrogen (secondary N) is 3. The Morgan fingerprint density at radius 3 is 0.906 bits per heavy atom. The van der Waals surface area contributed by atoms with Crippen molar-refractivity contribution in [3.05, 3.63) is 0 Å². The van der Waals surface area contributed by atoms with Crippen molar-refractivity contribution in [1.29, 1.82) is 0 Å². The van der Waals surface area contributed by atoms with E-state index < -0.39 is 408 Å². The van der Waals surface area contributed by atoms with Gasteiger partial charge < -0.3 is 264 Å². The SMILES string of the molecule is CC(=O)N[C@H]1[C@H](O[C@H]2[C@@H](O)[C@@H](CO)O[C@@H](O[C@H]3[C@H](O[C@@H]4O[C@@H](C)[C@@H](O)[C@@H](O)[C@@H]4O)[C@@H](NC(C)=O)[C@H](OC[C@H]4O[C@@H](O[C@H]5[C@H](O)[C@@H](O)C(O)O[C@@H]5CO)[C@H](O)[C@@H](O[C@@H]5O[C@H](CO)[C@@H](O[C@@H]6O[C@H](CO)[C@H](O)[C@H](O)[C@H]6O)[C@H](O[C@@H]6O[C@@H](C)[C@@H](O)[C@@H](O)[C@@H]6O)[C@H]5NC(C)=O)[C@H]4O)O[C@@H]3CO)[C@@H]2O)O[C@H](CO)[C@@H](O[C@@H]2O[C@H](CO)[C@H](O)[C@H](O)[C@H]2O[C@@H]2O[C@@H](C)[C@@H](O)[C@@H](O)[C@@H]2O)[C@@H]1O. The predicted octanol–water partition coefficient (Wildman–Crippen LogP) is -21.5. The Kier molecular flexibility index (Phi) is 37.0. The standard InChI is InChI=1S/C72H121N3O53/c1-15-32(86)40(94)47(101)66(109-15)124-57-30(74-19(5)84)63(116-26(12-81)55(57)123-70-51(105)59(37(91)23(9-78)114-70)126-64-29(73-18(4)83)39(93)53(25(11-80)117-64)121-72-61(44(98)36(90)22(8-77)115-72)128-68-49(103)42(96)34(88)17(3)111-68)108-14-28-38(92)60(52(106)71(119-28)120-54-24(10-79)112-62(107)46(100)45(54)99)127-65-31(75-20(6)85)58(125-67-48(102)41(95)33(87)16(2)110-67)56(27(13-82)118-65)122-69-50(104)43(97)35(89)21(7-76)113-69/h15-17,21-72,76-82,86-107H,7-14H2,1-6H3,(H,73,83)(H,74,84)(H,75,85)/t15-,16-,17-,21+,22+,23+,24+,25+,26+,27+,28+,29+,30+,31+,32+,33+,34+,35-,36-,37-,38-,39+,40+,41+,42+,43-,44-,45+,46+,47-,48-,49-,50+,51+,52+,53+,54+,55+,56+,57+,58+,59-,60-,61+,62?,63+,64-,65-,66-,67-,68-,69-,70-,71-,72-/m0/s1. The van der Waals surface area contributed by atoms with Crippen LogP contribution in [0, 0.1) is 0 Å². The molecule has 11 aliphatic rings. The summed E-state index contributed by atoms with van der Waals surface area (Å²) in [5, 5.41) is 331.